The zero-order chi connectivity index (χ0) is 24.0. The van der Waals surface area contributed by atoms with Crippen LogP contribution in [0.2, 0.25) is 0 Å². The van der Waals surface area contributed by atoms with Crippen LogP contribution in [0.1, 0.15) is 65.4 Å². The molecular formula is C18H4Br8N2O4. The maximum Gasteiger partial charge on any atom is 0.272 e. The first-order chi connectivity index (χ1) is 14.8. The van der Waals surface area contributed by atoms with Crippen molar-refractivity contribution in [3.05, 3.63) is 60.2 Å². The molecule has 0 fully saturated rings. The van der Waals surface area contributed by atoms with E-state index in [1.807, 2.05) is 0 Å². The van der Waals surface area contributed by atoms with E-state index in [4.69, 9.17) is 0 Å². The lowest BCUT2D eigenvalue weighted by atomic mass is 9.84. The summed E-state index contributed by atoms with van der Waals surface area (Å²) >= 11 is 26.9. The number of benzene rings is 2. The van der Waals surface area contributed by atoms with Gasteiger partial charge in [0, 0.05) is 32.8 Å². The predicted molar refractivity (Wildman–Crippen MR) is 145 cm³/mol. The van der Waals surface area contributed by atoms with Crippen molar-refractivity contribution in [1.82, 2.24) is 7.85 Å². The molecule has 2 aromatic carbocycles. The van der Waals surface area contributed by atoms with Gasteiger partial charge < -0.3 is 0 Å². The van der Waals surface area contributed by atoms with Gasteiger partial charge in [0.05, 0.1) is 54.5 Å². The Hall–Kier alpha value is 0.560. The number of hydrogen-bond donors (Lipinski definition) is 0. The average molecular weight is 951 g/mol. The second-order valence-electron chi connectivity index (χ2n) is 6.72. The monoisotopic (exact) mass is 943 g/mol. The number of carbonyl (C=O) groups excluding carboxylic acids is 4. The highest BCUT2D eigenvalue weighted by Crippen LogP contribution is 2.52. The van der Waals surface area contributed by atoms with E-state index in [1.165, 1.54) is 0 Å². The number of carbonyl (C=O) groups is 4. The third-order valence-electron chi connectivity index (χ3n) is 5.16. The van der Waals surface area contributed by atoms with Gasteiger partial charge in [-0.1, -0.05) is 6.92 Å². The second-order valence-corrected chi connectivity index (χ2v) is 12.9. The van der Waals surface area contributed by atoms with Crippen molar-refractivity contribution in [2.75, 3.05) is 0 Å². The van der Waals surface area contributed by atoms with Crippen LogP contribution in [0.4, 0.5) is 0 Å². The zero-order valence-electron chi connectivity index (χ0n) is 15.1. The molecule has 0 spiro atoms. The minimum atomic E-state index is -0.596. The molecule has 0 N–H and O–H groups in total. The fraction of sp³-hybridized carbons (Fsp3) is 0.111. The van der Waals surface area contributed by atoms with Crippen LogP contribution in [-0.2, 0) is 0 Å². The van der Waals surface area contributed by atoms with Gasteiger partial charge in [-0.05, 0) is 107 Å². The number of hydrogen-bond acceptors (Lipinski definition) is 4. The molecule has 0 bridgehead atoms. The van der Waals surface area contributed by atoms with Gasteiger partial charge in [0.1, 0.15) is 0 Å². The van der Waals surface area contributed by atoms with Crippen LogP contribution < -0.4 is 0 Å². The van der Waals surface area contributed by atoms with Gasteiger partial charge in [-0.3, -0.25) is 19.2 Å². The summed E-state index contributed by atoms with van der Waals surface area (Å²) in [6.07, 6.45) is 0. The molecule has 6 nitrogen and oxygen atoms in total. The Labute approximate surface area is 248 Å². The smallest absolute Gasteiger partial charge is 0.268 e. The normalized spacial score (nSPS) is 15.4. The fourth-order valence-electron chi connectivity index (χ4n) is 3.74. The first kappa shape index (κ1) is 25.6. The van der Waals surface area contributed by atoms with Gasteiger partial charge in [0.2, 0.25) is 0 Å². The van der Waals surface area contributed by atoms with Gasteiger partial charge in [-0.15, -0.1) is 0 Å². The summed E-state index contributed by atoms with van der Waals surface area (Å²) in [4.78, 5) is 51.5. The number of amides is 4. The molecular weight excluding hydrogens is 947 g/mol. The molecule has 4 rings (SSSR count). The van der Waals surface area contributed by atoms with E-state index >= 15 is 0 Å². The van der Waals surface area contributed by atoms with Gasteiger partial charge in [0.15, 0.2) is 0 Å². The Kier molecular flexibility index (Phi) is 7.13. The van der Waals surface area contributed by atoms with Crippen LogP contribution in [0, 0.1) is 0 Å². The molecule has 0 saturated carbocycles. The van der Waals surface area contributed by atoms with Crippen LogP contribution in [0.25, 0.3) is 0 Å². The standard InChI is InChI=1S/C18H4Br8N2O4/c1-2(3-5-7(11(21)13(23)9(3)19)17(31)27(25)15(5)29)4-6-8(12(22)14(24)10(4)20)18(32)28(26)16(6)30/h2H,1H3. The maximum absolute atomic E-state index is 13.0. The number of halogens is 8. The van der Waals surface area contributed by atoms with Crippen molar-refractivity contribution in [1.29, 1.82) is 0 Å². The molecule has 0 unspecified atom stereocenters. The summed E-state index contributed by atoms with van der Waals surface area (Å²) in [5.74, 6) is -2.69. The highest BCUT2D eigenvalue weighted by molar-refractivity contribution is 9.15. The molecule has 0 atom stereocenters. The lowest BCUT2D eigenvalue weighted by molar-refractivity contribution is 0.0768. The van der Waals surface area contributed by atoms with Crippen LogP contribution in [0.15, 0.2) is 26.8 Å². The van der Waals surface area contributed by atoms with Crippen molar-refractivity contribution in [2.45, 2.75) is 12.8 Å². The quantitative estimate of drug-likeness (QED) is 0.173. The second kappa shape index (κ2) is 8.90. The molecule has 2 aliphatic heterocycles. The third-order valence-corrected chi connectivity index (χ3v) is 13.4. The van der Waals surface area contributed by atoms with Crippen LogP contribution in [-0.4, -0.2) is 31.5 Å². The number of nitrogens with zero attached hydrogens (tertiary/aromatic N) is 2. The topological polar surface area (TPSA) is 74.8 Å². The SMILES string of the molecule is CC(c1c(Br)c(Br)c(Br)c2c1C(=O)N(Br)C2=O)c1c(Br)c(Br)c(Br)c2c1C(=O)N(Br)C2=O. The maximum atomic E-state index is 13.0. The van der Waals surface area contributed by atoms with Crippen molar-refractivity contribution in [2.24, 2.45) is 0 Å². The average Bonchev–Trinajstić information content (AvgIpc) is 3.11. The third kappa shape index (κ3) is 3.40. The highest BCUT2D eigenvalue weighted by Gasteiger charge is 2.45. The highest BCUT2D eigenvalue weighted by atomic mass is 79.9. The Balaban J connectivity index is 2.12. The summed E-state index contributed by atoms with van der Waals surface area (Å²) in [7, 11) is 0. The molecule has 0 saturated heterocycles. The molecule has 0 radical (unpaired) electrons. The first-order valence-electron chi connectivity index (χ1n) is 8.34. The summed E-state index contributed by atoms with van der Waals surface area (Å²) < 4.78 is 4.72. The van der Waals surface area contributed by atoms with E-state index in [9.17, 15) is 19.2 Å². The van der Waals surface area contributed by atoms with E-state index in [1.54, 1.807) is 6.92 Å². The molecule has 166 valence electrons. The van der Waals surface area contributed by atoms with E-state index in [0.717, 1.165) is 7.85 Å². The van der Waals surface area contributed by atoms with Gasteiger partial charge in [0.25, 0.3) is 23.6 Å². The Morgan fingerprint density at radius 1 is 0.500 bits per heavy atom. The van der Waals surface area contributed by atoms with Crippen LogP contribution in [0.5, 0.6) is 0 Å². The molecule has 4 amide bonds. The summed E-state index contributed by atoms with van der Waals surface area (Å²) in [6, 6.07) is 0. The van der Waals surface area contributed by atoms with Crippen molar-refractivity contribution in [3.8, 4) is 0 Å². The summed E-state index contributed by atoms with van der Waals surface area (Å²) in [5.41, 5.74) is 1.73. The van der Waals surface area contributed by atoms with Gasteiger partial charge >= 0.3 is 0 Å². The molecule has 2 heterocycles. The first-order valence-corrected chi connectivity index (χ1v) is 14.5. The number of imide groups is 2. The van der Waals surface area contributed by atoms with Crippen molar-refractivity contribution in [3.63, 3.8) is 0 Å². The summed E-state index contributed by atoms with van der Waals surface area (Å²) in [5, 5.41) is 0. The van der Waals surface area contributed by atoms with E-state index in [-0.39, 0.29) is 22.3 Å². The number of rotatable bonds is 2. The lowest BCUT2D eigenvalue weighted by Gasteiger charge is -2.23. The minimum absolute atomic E-state index is 0.188. The molecule has 2 aromatic rings. The molecule has 2 aliphatic rings. The minimum Gasteiger partial charge on any atom is -0.268 e. The molecule has 32 heavy (non-hydrogen) atoms. The lowest BCUT2D eigenvalue weighted by Crippen LogP contribution is -2.19. The van der Waals surface area contributed by atoms with E-state index in [2.05, 4.69) is 128 Å². The predicted octanol–water partition coefficient (Wildman–Crippen LogP) is 8.23. The molecule has 14 heteroatoms. The Bertz CT molecular complexity index is 1230. The molecule has 0 aromatic heterocycles. The Morgan fingerprint density at radius 3 is 1.09 bits per heavy atom. The van der Waals surface area contributed by atoms with Crippen LogP contribution >= 0.6 is 128 Å². The van der Waals surface area contributed by atoms with Crippen molar-refractivity contribution < 1.29 is 19.2 Å². The fourth-order valence-corrected chi connectivity index (χ4v) is 8.41. The molecule has 0 aliphatic carbocycles. The van der Waals surface area contributed by atoms with Gasteiger partial charge in [-0.25, -0.2) is 7.85 Å². The van der Waals surface area contributed by atoms with E-state index in [0.29, 0.717) is 38.0 Å². The Morgan fingerprint density at radius 2 is 0.781 bits per heavy atom. The van der Waals surface area contributed by atoms with E-state index < -0.39 is 29.5 Å². The van der Waals surface area contributed by atoms with Gasteiger partial charge in [-0.2, -0.15) is 0 Å². The van der Waals surface area contributed by atoms with Crippen molar-refractivity contribution >= 4 is 152 Å². The zero-order valence-corrected chi connectivity index (χ0v) is 27.8. The number of fused-ring (bicyclic) bond motifs is 2. The summed E-state index contributed by atoms with van der Waals surface area (Å²) in [6.45, 7) is 1.80. The van der Waals surface area contributed by atoms with Crippen LogP contribution in [0.3, 0.4) is 0 Å². The largest absolute Gasteiger partial charge is 0.272 e.